The number of hydrogen-bond donors (Lipinski definition) is 5. The quantitative estimate of drug-likeness (QED) is 0.332. The lowest BCUT2D eigenvalue weighted by atomic mass is 10.7. The highest BCUT2D eigenvalue weighted by molar-refractivity contribution is 5.43. The molecule has 1 aromatic rings. The van der Waals surface area contributed by atoms with E-state index in [1.807, 2.05) is 0 Å². The van der Waals surface area contributed by atoms with Gasteiger partial charge in [0.15, 0.2) is 0 Å². The van der Waals surface area contributed by atoms with Crippen molar-refractivity contribution in [2.24, 2.45) is 0 Å². The summed E-state index contributed by atoms with van der Waals surface area (Å²) in [5, 5.41) is 31.7. The summed E-state index contributed by atoms with van der Waals surface area (Å²) >= 11 is 0. The van der Waals surface area contributed by atoms with Crippen LogP contribution in [0.25, 0.3) is 0 Å². The van der Waals surface area contributed by atoms with Gasteiger partial charge in [-0.1, -0.05) is 0 Å². The first-order chi connectivity index (χ1) is 8.74. The second-order valence-electron chi connectivity index (χ2n) is 3.05. The Balaban J connectivity index is 2.99. The summed E-state index contributed by atoms with van der Waals surface area (Å²) in [5.74, 6) is 0.349. The number of nitrogens with one attached hydrogen (secondary N) is 2. The average Bonchev–Trinajstić information content (AvgIpc) is 2.36. The number of anilines is 3. The van der Waals surface area contributed by atoms with Gasteiger partial charge in [0.25, 0.3) is 0 Å². The van der Waals surface area contributed by atoms with Crippen LogP contribution in [0.1, 0.15) is 0 Å². The molecule has 102 valence electrons. The number of ether oxygens (including phenoxy) is 1. The van der Waals surface area contributed by atoms with Crippen LogP contribution in [0.4, 0.5) is 17.8 Å². The summed E-state index contributed by atoms with van der Waals surface area (Å²) in [7, 11) is 1.46. The Morgan fingerprint density at radius 1 is 1.06 bits per heavy atom. The molecule has 0 atom stereocenters. The van der Waals surface area contributed by atoms with Gasteiger partial charge in [0.05, 0.1) is 0 Å². The number of rotatable bonds is 8. The Bertz CT molecular complexity index is 341. The maximum absolute atomic E-state index is 9.16. The lowest BCUT2D eigenvalue weighted by Crippen LogP contribution is -2.29. The van der Waals surface area contributed by atoms with Crippen molar-refractivity contribution in [1.29, 1.82) is 0 Å². The van der Waals surface area contributed by atoms with Gasteiger partial charge in [-0.2, -0.15) is 15.0 Å². The van der Waals surface area contributed by atoms with Crippen LogP contribution < -0.4 is 15.5 Å². The summed E-state index contributed by atoms with van der Waals surface area (Å²) < 4.78 is 4.87. The van der Waals surface area contributed by atoms with Crippen LogP contribution in [-0.2, 0) is 4.74 Å². The van der Waals surface area contributed by atoms with Crippen LogP contribution >= 0.6 is 0 Å². The number of methoxy groups -OCH3 is 1. The Kier molecular flexibility index (Phi) is 6.00. The van der Waals surface area contributed by atoms with Gasteiger partial charge >= 0.3 is 0 Å². The van der Waals surface area contributed by atoms with Crippen LogP contribution in [0.15, 0.2) is 0 Å². The van der Waals surface area contributed by atoms with Gasteiger partial charge in [0, 0.05) is 7.11 Å². The zero-order valence-corrected chi connectivity index (χ0v) is 9.87. The van der Waals surface area contributed by atoms with E-state index < -0.39 is 0 Å². The van der Waals surface area contributed by atoms with Crippen LogP contribution in [-0.4, -0.2) is 64.3 Å². The standard InChI is InChI=1S/C8H16N6O4/c1-18-5-14(4-17)8-12-6(9-2-15)11-7(13-8)10-3-16/h15-17H,2-5H2,1H3,(H2,9,10,11,12,13). The van der Waals surface area contributed by atoms with E-state index in [0.29, 0.717) is 0 Å². The zero-order chi connectivity index (χ0) is 13.4. The molecule has 10 heteroatoms. The third kappa shape index (κ3) is 3.92. The topological polar surface area (TPSA) is 136 Å². The van der Waals surface area contributed by atoms with Crippen LogP contribution in [0.2, 0.25) is 0 Å². The lowest BCUT2D eigenvalue weighted by Gasteiger charge is -2.19. The fourth-order valence-corrected chi connectivity index (χ4v) is 1.12. The first-order valence-electron chi connectivity index (χ1n) is 5.05. The monoisotopic (exact) mass is 260 g/mol. The highest BCUT2D eigenvalue weighted by Gasteiger charge is 2.12. The SMILES string of the molecule is COCN(CO)c1nc(NCO)nc(NCO)n1. The molecule has 0 radical (unpaired) electrons. The number of nitrogens with zero attached hydrogens (tertiary/aromatic N) is 4. The van der Waals surface area contributed by atoms with Gasteiger partial charge in [0.1, 0.15) is 26.9 Å². The van der Waals surface area contributed by atoms with Crippen molar-refractivity contribution >= 4 is 17.8 Å². The molecule has 0 aliphatic rings. The first kappa shape index (κ1) is 14.3. The molecule has 0 bridgehead atoms. The van der Waals surface area contributed by atoms with E-state index in [0.717, 1.165) is 0 Å². The molecule has 5 N–H and O–H groups in total. The van der Waals surface area contributed by atoms with Crippen molar-refractivity contribution in [3.8, 4) is 0 Å². The summed E-state index contributed by atoms with van der Waals surface area (Å²) in [6.07, 6.45) is 0. The normalized spacial score (nSPS) is 10.2. The average molecular weight is 260 g/mol. The predicted molar refractivity (Wildman–Crippen MR) is 62.7 cm³/mol. The Morgan fingerprint density at radius 3 is 2.00 bits per heavy atom. The van der Waals surface area contributed by atoms with Gasteiger partial charge in [-0.15, -0.1) is 0 Å². The fraction of sp³-hybridized carbons (Fsp3) is 0.625. The Hall–Kier alpha value is -1.75. The predicted octanol–water partition coefficient (Wildman–Crippen LogP) is -2.04. The minimum absolute atomic E-state index is 0.0810. The third-order valence-corrected chi connectivity index (χ3v) is 1.84. The summed E-state index contributed by atoms with van der Waals surface area (Å²) in [5.41, 5.74) is 0. The van der Waals surface area contributed by atoms with E-state index in [9.17, 15) is 0 Å². The molecule has 10 nitrogen and oxygen atoms in total. The molecule has 0 unspecified atom stereocenters. The van der Waals surface area contributed by atoms with Crippen molar-refractivity contribution in [3.63, 3.8) is 0 Å². The molecule has 1 heterocycles. The summed E-state index contributed by atoms with van der Waals surface area (Å²) in [4.78, 5) is 13.1. The van der Waals surface area contributed by atoms with Crippen molar-refractivity contribution < 1.29 is 20.1 Å². The van der Waals surface area contributed by atoms with Gasteiger partial charge in [-0.05, 0) is 0 Å². The molecule has 0 aliphatic carbocycles. The molecule has 0 aliphatic heterocycles. The molecule has 0 amide bonds. The number of aromatic nitrogens is 3. The van der Waals surface area contributed by atoms with Crippen LogP contribution in [0.5, 0.6) is 0 Å². The first-order valence-corrected chi connectivity index (χ1v) is 5.05. The Morgan fingerprint density at radius 2 is 1.61 bits per heavy atom. The molecule has 0 saturated heterocycles. The molecule has 0 aromatic carbocycles. The largest absolute Gasteiger partial charge is 0.376 e. The molecule has 0 fully saturated rings. The molecular formula is C8H16N6O4. The van der Waals surface area contributed by atoms with Gasteiger partial charge in [0.2, 0.25) is 17.8 Å². The van der Waals surface area contributed by atoms with Gasteiger partial charge in [-0.25, -0.2) is 0 Å². The molecule has 1 rings (SSSR count). The molecular weight excluding hydrogens is 244 g/mol. The maximum Gasteiger partial charge on any atom is 0.235 e. The minimum Gasteiger partial charge on any atom is -0.376 e. The molecule has 0 spiro atoms. The zero-order valence-electron chi connectivity index (χ0n) is 9.87. The lowest BCUT2D eigenvalue weighted by molar-refractivity contribution is 0.166. The van der Waals surface area contributed by atoms with Crippen molar-refractivity contribution in [1.82, 2.24) is 15.0 Å². The van der Waals surface area contributed by atoms with Crippen molar-refractivity contribution in [2.45, 2.75) is 0 Å². The molecule has 0 saturated carbocycles. The van der Waals surface area contributed by atoms with E-state index in [1.165, 1.54) is 12.0 Å². The van der Waals surface area contributed by atoms with E-state index in [1.54, 1.807) is 0 Å². The van der Waals surface area contributed by atoms with Gasteiger partial charge in [-0.3, -0.25) is 4.90 Å². The smallest absolute Gasteiger partial charge is 0.235 e. The molecule has 18 heavy (non-hydrogen) atoms. The second-order valence-corrected chi connectivity index (χ2v) is 3.05. The van der Waals surface area contributed by atoms with E-state index >= 15 is 0 Å². The van der Waals surface area contributed by atoms with Crippen LogP contribution in [0.3, 0.4) is 0 Å². The second kappa shape index (κ2) is 7.55. The van der Waals surface area contributed by atoms with Gasteiger partial charge < -0.3 is 30.7 Å². The number of aliphatic hydroxyl groups excluding tert-OH is 3. The summed E-state index contributed by atoms with van der Waals surface area (Å²) in [6, 6.07) is 0. The van der Waals surface area contributed by atoms with Crippen LogP contribution in [0, 0.1) is 0 Å². The Labute approximate surface area is 103 Å². The van der Waals surface area contributed by atoms with Crippen molar-refractivity contribution in [2.75, 3.05) is 49.6 Å². The summed E-state index contributed by atoms with van der Waals surface area (Å²) in [6.45, 7) is -0.983. The fourth-order valence-electron chi connectivity index (χ4n) is 1.12. The molecule has 1 aromatic heterocycles. The highest BCUT2D eigenvalue weighted by Crippen LogP contribution is 2.12. The maximum atomic E-state index is 9.16. The van der Waals surface area contributed by atoms with Crippen molar-refractivity contribution in [3.05, 3.63) is 0 Å². The van der Waals surface area contributed by atoms with E-state index in [2.05, 4.69) is 25.6 Å². The number of hydrogen-bond acceptors (Lipinski definition) is 10. The number of aliphatic hydroxyl groups is 3. The van der Waals surface area contributed by atoms with E-state index in [4.69, 9.17) is 20.1 Å². The highest BCUT2D eigenvalue weighted by atomic mass is 16.5. The third-order valence-electron chi connectivity index (χ3n) is 1.84. The van der Waals surface area contributed by atoms with E-state index in [-0.39, 0.29) is 44.8 Å². The minimum atomic E-state index is -0.356.